The maximum Gasteiger partial charge on any atom is 0.143 e. The zero-order valence-electron chi connectivity index (χ0n) is 14.2. The molecule has 25 heavy (non-hydrogen) atoms. The molecule has 2 aromatic rings. The Hall–Kier alpha value is -3.00. The van der Waals surface area contributed by atoms with Crippen molar-refractivity contribution in [3.63, 3.8) is 0 Å². The molecule has 126 valence electrons. The van der Waals surface area contributed by atoms with Gasteiger partial charge in [0.1, 0.15) is 11.9 Å². The van der Waals surface area contributed by atoms with Crippen LogP contribution in [0.25, 0.3) is 11.3 Å². The van der Waals surface area contributed by atoms with Crippen LogP contribution in [0.1, 0.15) is 36.2 Å². The molecule has 0 saturated carbocycles. The number of nitrogens with zero attached hydrogens (tertiary/aromatic N) is 4. The van der Waals surface area contributed by atoms with Crippen molar-refractivity contribution >= 4 is 11.3 Å². The van der Waals surface area contributed by atoms with Crippen LogP contribution in [0.3, 0.4) is 0 Å². The van der Waals surface area contributed by atoms with Gasteiger partial charge < -0.3 is 0 Å². The highest BCUT2D eigenvalue weighted by Crippen LogP contribution is 2.28. The normalized spacial score (nSPS) is 15.7. The molecule has 0 saturated heterocycles. The molecule has 3 rings (SSSR count). The Bertz CT molecular complexity index is 912. The molecule has 0 fully saturated rings. The van der Waals surface area contributed by atoms with Crippen molar-refractivity contribution in [3.05, 3.63) is 65.8 Å². The highest BCUT2D eigenvalue weighted by Gasteiger charge is 2.17. The minimum atomic E-state index is -0.532. The lowest BCUT2D eigenvalue weighted by Crippen LogP contribution is -2.08. The molecular weight excluding hydrogens is 315 g/mol. The van der Waals surface area contributed by atoms with Crippen LogP contribution >= 0.6 is 0 Å². The summed E-state index contributed by atoms with van der Waals surface area (Å²) in [7, 11) is 0. The summed E-state index contributed by atoms with van der Waals surface area (Å²) in [5, 5.41) is 13.4. The van der Waals surface area contributed by atoms with Gasteiger partial charge in [-0.25, -0.2) is 9.07 Å². The lowest BCUT2D eigenvalue weighted by atomic mass is 9.95. The van der Waals surface area contributed by atoms with Crippen molar-refractivity contribution in [1.29, 1.82) is 5.26 Å². The second-order valence-electron chi connectivity index (χ2n) is 5.99. The number of aryl methyl sites for hydroxylation is 1. The lowest BCUT2D eigenvalue weighted by molar-refractivity contribution is 0.621. The van der Waals surface area contributed by atoms with Gasteiger partial charge in [0.2, 0.25) is 0 Å². The quantitative estimate of drug-likeness (QED) is 0.779. The third-order valence-corrected chi connectivity index (χ3v) is 4.19. The fourth-order valence-corrected chi connectivity index (χ4v) is 2.95. The van der Waals surface area contributed by atoms with Gasteiger partial charge in [0, 0.05) is 18.2 Å². The monoisotopic (exact) mass is 334 g/mol. The van der Waals surface area contributed by atoms with Crippen LogP contribution in [0.15, 0.2) is 48.0 Å². The molecule has 0 amide bonds. The third kappa shape index (κ3) is 3.58. The van der Waals surface area contributed by atoms with Crippen LogP contribution in [0, 0.1) is 24.1 Å². The summed E-state index contributed by atoms with van der Waals surface area (Å²) in [6.45, 7) is 6.26. The van der Waals surface area contributed by atoms with Gasteiger partial charge in [-0.15, -0.1) is 6.58 Å². The van der Waals surface area contributed by atoms with Crippen LogP contribution in [-0.4, -0.2) is 22.0 Å². The number of allylic oxidation sites excluding steroid dienone is 2. The van der Waals surface area contributed by atoms with Crippen molar-refractivity contribution in [2.45, 2.75) is 26.2 Å². The maximum atomic E-state index is 14.0. The molecule has 1 aromatic carbocycles. The smallest absolute Gasteiger partial charge is 0.143 e. The topological polar surface area (TPSA) is 54.0 Å². The van der Waals surface area contributed by atoms with Crippen LogP contribution in [0.5, 0.6) is 0 Å². The number of benzene rings is 1. The van der Waals surface area contributed by atoms with Gasteiger partial charge >= 0.3 is 0 Å². The van der Waals surface area contributed by atoms with Gasteiger partial charge in [-0.05, 0) is 43.5 Å². The Labute approximate surface area is 146 Å². The minimum Gasteiger partial charge on any atom is -0.290 e. The molecule has 0 radical (unpaired) electrons. The Morgan fingerprint density at radius 1 is 1.40 bits per heavy atom. The van der Waals surface area contributed by atoms with Crippen molar-refractivity contribution in [3.8, 4) is 11.8 Å². The van der Waals surface area contributed by atoms with Gasteiger partial charge in [-0.2, -0.15) is 10.4 Å². The summed E-state index contributed by atoms with van der Waals surface area (Å²) >= 11 is 0. The Morgan fingerprint density at radius 3 is 2.88 bits per heavy atom. The van der Waals surface area contributed by atoms with E-state index in [-0.39, 0.29) is 5.56 Å². The summed E-state index contributed by atoms with van der Waals surface area (Å²) in [5.74, 6) is -0.532. The molecule has 1 aliphatic rings. The summed E-state index contributed by atoms with van der Waals surface area (Å²) in [4.78, 5) is 4.50. The molecule has 4 nitrogen and oxygen atoms in total. The van der Waals surface area contributed by atoms with Crippen molar-refractivity contribution in [2.75, 3.05) is 6.54 Å². The summed E-state index contributed by atoms with van der Waals surface area (Å²) < 4.78 is 15.7. The van der Waals surface area contributed by atoms with Gasteiger partial charge in [-0.3, -0.25) is 4.99 Å². The van der Waals surface area contributed by atoms with E-state index >= 15 is 0 Å². The first-order valence-electron chi connectivity index (χ1n) is 8.21. The van der Waals surface area contributed by atoms with E-state index in [9.17, 15) is 4.39 Å². The van der Waals surface area contributed by atoms with Crippen LogP contribution in [0.4, 0.5) is 4.39 Å². The molecule has 0 aliphatic heterocycles. The molecule has 5 heteroatoms. The highest BCUT2D eigenvalue weighted by atomic mass is 19.1. The predicted molar refractivity (Wildman–Crippen MR) is 97.3 cm³/mol. The van der Waals surface area contributed by atoms with E-state index < -0.39 is 5.82 Å². The Balaban J connectivity index is 1.95. The van der Waals surface area contributed by atoms with E-state index in [2.05, 4.69) is 22.7 Å². The van der Waals surface area contributed by atoms with Gasteiger partial charge in [0.05, 0.1) is 29.2 Å². The van der Waals surface area contributed by atoms with Gasteiger partial charge in [0.25, 0.3) is 0 Å². The largest absolute Gasteiger partial charge is 0.290 e. The van der Waals surface area contributed by atoms with E-state index in [1.807, 2.05) is 19.1 Å². The first kappa shape index (κ1) is 16.8. The van der Waals surface area contributed by atoms with E-state index in [0.29, 0.717) is 12.2 Å². The third-order valence-electron chi connectivity index (χ3n) is 4.19. The molecular formula is C20H19FN4. The summed E-state index contributed by atoms with van der Waals surface area (Å²) in [5.41, 5.74) is 4.84. The fourth-order valence-electron chi connectivity index (χ4n) is 2.95. The van der Waals surface area contributed by atoms with Gasteiger partial charge in [0.15, 0.2) is 0 Å². The second-order valence-corrected chi connectivity index (χ2v) is 5.99. The zero-order valence-corrected chi connectivity index (χ0v) is 14.2. The standard InChI is InChI=1S/C20H19FN4/c1-3-10-23-17-7-4-15(5-8-17)20-11-14(2)24-25(20)18-9-6-16(13-22)19(21)12-18/h3-4,6,9,11-12H,1,5,7-8,10H2,2H3. The molecule has 0 unspecified atom stereocenters. The number of hydrogen-bond acceptors (Lipinski definition) is 3. The van der Waals surface area contributed by atoms with E-state index in [4.69, 9.17) is 5.26 Å². The molecule has 0 bridgehead atoms. The molecule has 0 spiro atoms. The van der Waals surface area contributed by atoms with Crippen molar-refractivity contribution in [2.24, 2.45) is 4.99 Å². The first-order chi connectivity index (χ1) is 12.1. The number of halogens is 1. The lowest BCUT2D eigenvalue weighted by Gasteiger charge is -2.16. The zero-order chi connectivity index (χ0) is 17.8. The average molecular weight is 334 g/mol. The average Bonchev–Trinajstić information content (AvgIpc) is 3.02. The summed E-state index contributed by atoms with van der Waals surface area (Å²) in [6.07, 6.45) is 6.56. The Morgan fingerprint density at radius 2 is 2.24 bits per heavy atom. The second kappa shape index (κ2) is 7.27. The van der Waals surface area contributed by atoms with E-state index in [1.165, 1.54) is 23.4 Å². The van der Waals surface area contributed by atoms with Crippen molar-refractivity contribution in [1.82, 2.24) is 9.78 Å². The fraction of sp³-hybridized carbons (Fsp3) is 0.250. The van der Waals surface area contributed by atoms with Crippen LogP contribution in [-0.2, 0) is 0 Å². The number of aromatic nitrogens is 2. The molecule has 1 heterocycles. The summed E-state index contributed by atoms with van der Waals surface area (Å²) in [6, 6.07) is 8.41. The minimum absolute atomic E-state index is 0.0362. The molecule has 1 aromatic heterocycles. The highest BCUT2D eigenvalue weighted by molar-refractivity contribution is 5.91. The Kier molecular flexibility index (Phi) is 4.90. The molecule has 0 atom stereocenters. The van der Waals surface area contributed by atoms with Crippen molar-refractivity contribution < 1.29 is 4.39 Å². The predicted octanol–water partition coefficient (Wildman–Crippen LogP) is 4.39. The van der Waals surface area contributed by atoms with Crippen LogP contribution in [0.2, 0.25) is 0 Å². The maximum absolute atomic E-state index is 14.0. The van der Waals surface area contributed by atoms with Crippen LogP contribution < -0.4 is 0 Å². The SMILES string of the molecule is C=CCN=C1CC=C(c2cc(C)nn2-c2ccc(C#N)c(F)c2)CC1. The first-order valence-corrected chi connectivity index (χ1v) is 8.21. The van der Waals surface area contributed by atoms with Gasteiger partial charge in [-0.1, -0.05) is 12.2 Å². The number of hydrogen-bond donors (Lipinski definition) is 0. The number of aliphatic imine (C=N–C) groups is 1. The van der Waals surface area contributed by atoms with E-state index in [0.717, 1.165) is 30.7 Å². The molecule has 1 aliphatic carbocycles. The number of rotatable bonds is 4. The number of nitriles is 1. The molecule has 0 N–H and O–H groups in total. The van der Waals surface area contributed by atoms with E-state index in [1.54, 1.807) is 16.8 Å².